The molecule has 1 aliphatic rings. The van der Waals surface area contributed by atoms with Crippen molar-refractivity contribution in [3.63, 3.8) is 0 Å². The summed E-state index contributed by atoms with van der Waals surface area (Å²) in [6.45, 7) is 5.09. The summed E-state index contributed by atoms with van der Waals surface area (Å²) in [5, 5.41) is 15.0. The third-order valence-corrected chi connectivity index (χ3v) is 2.95. The smallest absolute Gasteiger partial charge is 0.223 e. The van der Waals surface area contributed by atoms with Crippen LogP contribution in [0.25, 0.3) is 0 Å². The molecule has 0 saturated carbocycles. The minimum atomic E-state index is 0.0766. The molecule has 15 heavy (non-hydrogen) atoms. The zero-order valence-electron chi connectivity index (χ0n) is 9.62. The van der Waals surface area contributed by atoms with E-state index < -0.39 is 0 Å². The zero-order chi connectivity index (χ0) is 11.3. The third kappa shape index (κ3) is 4.18. The van der Waals surface area contributed by atoms with Crippen LogP contribution in [0.3, 0.4) is 0 Å². The van der Waals surface area contributed by atoms with E-state index in [0.717, 1.165) is 19.4 Å². The molecule has 4 heteroatoms. The highest BCUT2D eigenvalue weighted by atomic mass is 16.3. The molecule has 88 valence electrons. The molecule has 1 aliphatic heterocycles. The molecule has 3 atom stereocenters. The maximum atomic E-state index is 11.8. The normalized spacial score (nSPS) is 28.5. The highest BCUT2D eigenvalue weighted by molar-refractivity contribution is 5.79. The van der Waals surface area contributed by atoms with E-state index in [0.29, 0.717) is 12.5 Å². The Morgan fingerprint density at radius 3 is 3.00 bits per heavy atom. The third-order valence-electron chi connectivity index (χ3n) is 2.95. The summed E-state index contributed by atoms with van der Waals surface area (Å²) >= 11 is 0. The maximum absolute atomic E-state index is 11.8. The summed E-state index contributed by atoms with van der Waals surface area (Å²) in [4.78, 5) is 11.8. The average molecular weight is 214 g/mol. The summed E-state index contributed by atoms with van der Waals surface area (Å²) in [5.74, 6) is 0.284. The molecule has 0 aromatic rings. The van der Waals surface area contributed by atoms with Gasteiger partial charge in [-0.2, -0.15) is 0 Å². The Balaban J connectivity index is 2.32. The van der Waals surface area contributed by atoms with Gasteiger partial charge in [-0.05, 0) is 39.7 Å². The van der Waals surface area contributed by atoms with Crippen molar-refractivity contribution in [1.29, 1.82) is 0 Å². The van der Waals surface area contributed by atoms with E-state index in [-0.39, 0.29) is 24.5 Å². The number of aliphatic hydroxyl groups is 1. The van der Waals surface area contributed by atoms with Crippen molar-refractivity contribution in [2.45, 2.75) is 45.2 Å². The SMILES string of the molecule is CC1CC(C(=O)NC(C)CCO)CCN1. The van der Waals surface area contributed by atoms with E-state index in [9.17, 15) is 4.79 Å². The second kappa shape index (κ2) is 6.08. The molecule has 0 spiro atoms. The van der Waals surface area contributed by atoms with Crippen LogP contribution in [0.5, 0.6) is 0 Å². The second-order valence-corrected chi connectivity index (χ2v) is 4.50. The number of hydrogen-bond donors (Lipinski definition) is 3. The molecule has 1 heterocycles. The van der Waals surface area contributed by atoms with Crippen LogP contribution < -0.4 is 10.6 Å². The number of piperidine rings is 1. The van der Waals surface area contributed by atoms with Gasteiger partial charge in [-0.3, -0.25) is 4.79 Å². The highest BCUT2D eigenvalue weighted by Crippen LogP contribution is 2.16. The van der Waals surface area contributed by atoms with Crippen LogP contribution in [0, 0.1) is 5.92 Å². The molecule has 4 nitrogen and oxygen atoms in total. The Morgan fingerprint density at radius 1 is 1.67 bits per heavy atom. The lowest BCUT2D eigenvalue weighted by Gasteiger charge is -2.28. The van der Waals surface area contributed by atoms with Crippen molar-refractivity contribution < 1.29 is 9.90 Å². The van der Waals surface area contributed by atoms with Gasteiger partial charge in [0, 0.05) is 24.6 Å². The number of aliphatic hydroxyl groups excluding tert-OH is 1. The molecule has 1 amide bonds. The van der Waals surface area contributed by atoms with Crippen molar-refractivity contribution in [3.8, 4) is 0 Å². The number of rotatable bonds is 4. The van der Waals surface area contributed by atoms with Gasteiger partial charge >= 0.3 is 0 Å². The van der Waals surface area contributed by atoms with Gasteiger partial charge in [0.25, 0.3) is 0 Å². The number of carbonyl (C=O) groups excluding carboxylic acids is 1. The summed E-state index contributed by atoms with van der Waals surface area (Å²) in [7, 11) is 0. The second-order valence-electron chi connectivity index (χ2n) is 4.50. The van der Waals surface area contributed by atoms with Crippen LogP contribution >= 0.6 is 0 Å². The Kier molecular flexibility index (Phi) is 5.05. The quantitative estimate of drug-likeness (QED) is 0.629. The van der Waals surface area contributed by atoms with Crippen LogP contribution in [0.2, 0.25) is 0 Å². The number of carbonyl (C=O) groups is 1. The van der Waals surface area contributed by atoms with E-state index in [1.165, 1.54) is 0 Å². The fourth-order valence-electron chi connectivity index (χ4n) is 2.00. The molecule has 0 radical (unpaired) electrons. The standard InChI is InChI=1S/C11H22N2O2/c1-8(4-6-14)13-11(15)10-3-5-12-9(2)7-10/h8-10,12,14H,3-7H2,1-2H3,(H,13,15). The van der Waals surface area contributed by atoms with E-state index >= 15 is 0 Å². The van der Waals surface area contributed by atoms with E-state index in [1.54, 1.807) is 0 Å². The van der Waals surface area contributed by atoms with Crippen LogP contribution in [-0.2, 0) is 4.79 Å². The first-order valence-corrected chi connectivity index (χ1v) is 5.78. The predicted molar refractivity (Wildman–Crippen MR) is 59.5 cm³/mol. The van der Waals surface area contributed by atoms with Crippen molar-refractivity contribution in [2.75, 3.05) is 13.2 Å². The number of hydrogen-bond acceptors (Lipinski definition) is 3. The van der Waals surface area contributed by atoms with Crippen LogP contribution in [0.1, 0.15) is 33.1 Å². The lowest BCUT2D eigenvalue weighted by molar-refractivity contribution is -0.126. The first-order valence-electron chi connectivity index (χ1n) is 5.78. The van der Waals surface area contributed by atoms with Crippen molar-refractivity contribution in [3.05, 3.63) is 0 Å². The Morgan fingerprint density at radius 2 is 2.40 bits per heavy atom. The molecular weight excluding hydrogens is 192 g/mol. The first-order chi connectivity index (χ1) is 7.13. The lowest BCUT2D eigenvalue weighted by Crippen LogP contribution is -2.44. The van der Waals surface area contributed by atoms with Crippen LogP contribution in [0.4, 0.5) is 0 Å². The fourth-order valence-corrected chi connectivity index (χ4v) is 2.00. The summed E-state index contributed by atoms with van der Waals surface area (Å²) in [6.07, 6.45) is 2.46. The van der Waals surface area contributed by atoms with E-state index in [1.807, 2.05) is 6.92 Å². The molecule has 3 N–H and O–H groups in total. The maximum Gasteiger partial charge on any atom is 0.223 e. The monoisotopic (exact) mass is 214 g/mol. The van der Waals surface area contributed by atoms with Crippen molar-refractivity contribution in [2.24, 2.45) is 5.92 Å². The van der Waals surface area contributed by atoms with Crippen molar-refractivity contribution >= 4 is 5.91 Å². The molecule has 0 bridgehead atoms. The minimum absolute atomic E-state index is 0.0766. The van der Waals surface area contributed by atoms with Crippen LogP contribution in [-0.4, -0.2) is 36.2 Å². The Bertz CT molecular complexity index is 209. The zero-order valence-corrected chi connectivity index (χ0v) is 9.62. The molecule has 1 saturated heterocycles. The molecule has 0 aromatic carbocycles. The Hall–Kier alpha value is -0.610. The average Bonchev–Trinajstić information content (AvgIpc) is 2.18. The number of amides is 1. The molecular formula is C11H22N2O2. The molecule has 0 aliphatic carbocycles. The molecule has 1 rings (SSSR count). The van der Waals surface area contributed by atoms with E-state index in [4.69, 9.17) is 5.11 Å². The summed E-state index contributed by atoms with van der Waals surface area (Å²) < 4.78 is 0. The van der Waals surface area contributed by atoms with E-state index in [2.05, 4.69) is 17.6 Å². The number of nitrogens with one attached hydrogen (secondary N) is 2. The fraction of sp³-hybridized carbons (Fsp3) is 0.909. The van der Waals surface area contributed by atoms with Gasteiger partial charge in [0.2, 0.25) is 5.91 Å². The van der Waals surface area contributed by atoms with Gasteiger partial charge in [-0.15, -0.1) is 0 Å². The largest absolute Gasteiger partial charge is 0.396 e. The van der Waals surface area contributed by atoms with Gasteiger partial charge in [0.1, 0.15) is 0 Å². The topological polar surface area (TPSA) is 61.4 Å². The Labute approximate surface area is 91.4 Å². The highest BCUT2D eigenvalue weighted by Gasteiger charge is 2.25. The van der Waals surface area contributed by atoms with Gasteiger partial charge in [-0.25, -0.2) is 0 Å². The first kappa shape index (κ1) is 12.5. The van der Waals surface area contributed by atoms with Gasteiger partial charge in [0.15, 0.2) is 0 Å². The van der Waals surface area contributed by atoms with Crippen molar-refractivity contribution in [1.82, 2.24) is 10.6 Å². The molecule has 0 aromatic heterocycles. The van der Waals surface area contributed by atoms with Gasteiger partial charge in [0.05, 0.1) is 0 Å². The summed E-state index contributed by atoms with van der Waals surface area (Å²) in [5.41, 5.74) is 0. The minimum Gasteiger partial charge on any atom is -0.396 e. The summed E-state index contributed by atoms with van der Waals surface area (Å²) in [6, 6.07) is 0.510. The predicted octanol–water partition coefficient (Wildman–Crippen LogP) is 0.262. The van der Waals surface area contributed by atoms with Crippen LogP contribution in [0.15, 0.2) is 0 Å². The molecule has 3 unspecified atom stereocenters. The molecule has 1 fully saturated rings. The van der Waals surface area contributed by atoms with Gasteiger partial charge in [-0.1, -0.05) is 0 Å². The lowest BCUT2D eigenvalue weighted by atomic mass is 9.92. The van der Waals surface area contributed by atoms with Gasteiger partial charge < -0.3 is 15.7 Å².